The summed E-state index contributed by atoms with van der Waals surface area (Å²) in [7, 11) is 0. The molecule has 0 saturated carbocycles. The van der Waals surface area contributed by atoms with Gasteiger partial charge in [0, 0.05) is 23.7 Å². The first-order chi connectivity index (χ1) is 10.5. The van der Waals surface area contributed by atoms with Gasteiger partial charge in [0.05, 0.1) is 10.6 Å². The lowest BCUT2D eigenvalue weighted by molar-refractivity contribution is -0.384. The van der Waals surface area contributed by atoms with Crippen LogP contribution in [0.15, 0.2) is 41.2 Å². The quantitative estimate of drug-likeness (QED) is 0.640. The Morgan fingerprint density at radius 1 is 1.36 bits per heavy atom. The van der Waals surface area contributed by atoms with E-state index in [0.29, 0.717) is 17.7 Å². The molecule has 1 atom stereocenters. The smallest absolute Gasteiger partial charge is 0.270 e. The number of nitro groups is 1. The van der Waals surface area contributed by atoms with Gasteiger partial charge in [-0.1, -0.05) is 19.1 Å². The zero-order valence-corrected chi connectivity index (χ0v) is 12.3. The molecule has 0 aliphatic rings. The molecule has 6 nitrogen and oxygen atoms in total. The molecule has 0 fully saturated rings. The molecule has 0 amide bonds. The molecular formula is C16H15N3O3. The predicted molar refractivity (Wildman–Crippen MR) is 82.5 cm³/mol. The maximum absolute atomic E-state index is 12.4. The number of nitrogens with zero attached hydrogens (tertiary/aromatic N) is 3. The molecule has 1 unspecified atom stereocenters. The summed E-state index contributed by atoms with van der Waals surface area (Å²) in [5, 5.41) is 19.9. The highest BCUT2D eigenvalue weighted by molar-refractivity contribution is 5.63. The second kappa shape index (κ2) is 6.22. The lowest BCUT2D eigenvalue weighted by Gasteiger charge is -2.18. The molecule has 1 heterocycles. The maximum atomic E-state index is 12.4. The van der Waals surface area contributed by atoms with Crippen molar-refractivity contribution in [1.29, 1.82) is 5.26 Å². The van der Waals surface area contributed by atoms with E-state index < -0.39 is 4.92 Å². The average molecular weight is 297 g/mol. The van der Waals surface area contributed by atoms with E-state index in [9.17, 15) is 14.9 Å². The fraction of sp³-hybridized carbons (Fsp3) is 0.250. The molecule has 1 aromatic carbocycles. The fourth-order valence-corrected chi connectivity index (χ4v) is 2.27. The van der Waals surface area contributed by atoms with Crippen molar-refractivity contribution in [3.63, 3.8) is 0 Å². The number of aromatic nitrogens is 1. The van der Waals surface area contributed by atoms with Gasteiger partial charge in [0.15, 0.2) is 0 Å². The number of hydrogen-bond donors (Lipinski definition) is 0. The molecule has 1 aromatic heterocycles. The van der Waals surface area contributed by atoms with Gasteiger partial charge >= 0.3 is 0 Å². The van der Waals surface area contributed by atoms with Crippen LogP contribution >= 0.6 is 0 Å². The molecule has 2 aromatic rings. The molecule has 22 heavy (non-hydrogen) atoms. The molecule has 2 rings (SSSR count). The highest BCUT2D eigenvalue weighted by Gasteiger charge is 2.16. The summed E-state index contributed by atoms with van der Waals surface area (Å²) < 4.78 is 1.53. The number of nitro benzene ring substituents is 1. The van der Waals surface area contributed by atoms with Gasteiger partial charge in [0.2, 0.25) is 0 Å². The van der Waals surface area contributed by atoms with Crippen molar-refractivity contribution >= 4 is 5.69 Å². The third kappa shape index (κ3) is 2.74. The summed E-state index contributed by atoms with van der Waals surface area (Å²) in [6.45, 7) is 3.82. The van der Waals surface area contributed by atoms with E-state index in [1.807, 2.05) is 19.9 Å². The molecule has 0 aliphatic carbocycles. The third-order valence-electron chi connectivity index (χ3n) is 3.62. The summed E-state index contributed by atoms with van der Waals surface area (Å²) in [5.74, 6) is 0. The highest BCUT2D eigenvalue weighted by atomic mass is 16.6. The van der Waals surface area contributed by atoms with E-state index in [1.54, 1.807) is 18.2 Å². The van der Waals surface area contributed by atoms with Gasteiger partial charge in [0.1, 0.15) is 11.6 Å². The fourth-order valence-electron chi connectivity index (χ4n) is 2.27. The Kier molecular flexibility index (Phi) is 4.37. The largest absolute Gasteiger partial charge is 0.304 e. The Morgan fingerprint density at radius 3 is 2.68 bits per heavy atom. The molecule has 112 valence electrons. The van der Waals surface area contributed by atoms with Crippen LogP contribution in [-0.4, -0.2) is 9.49 Å². The van der Waals surface area contributed by atoms with Crippen molar-refractivity contribution in [2.24, 2.45) is 0 Å². The summed E-state index contributed by atoms with van der Waals surface area (Å²) >= 11 is 0. The Balaban J connectivity index is 2.73. The van der Waals surface area contributed by atoms with Crippen molar-refractivity contribution in [3.05, 3.63) is 62.4 Å². The van der Waals surface area contributed by atoms with Crippen LogP contribution in [0.5, 0.6) is 0 Å². The van der Waals surface area contributed by atoms with E-state index in [4.69, 9.17) is 5.26 Å². The van der Waals surface area contributed by atoms with Crippen LogP contribution < -0.4 is 5.56 Å². The minimum atomic E-state index is -0.473. The van der Waals surface area contributed by atoms with Crippen LogP contribution in [0, 0.1) is 21.4 Å². The van der Waals surface area contributed by atoms with Gasteiger partial charge in [-0.15, -0.1) is 0 Å². The monoisotopic (exact) mass is 297 g/mol. The van der Waals surface area contributed by atoms with Crippen molar-refractivity contribution in [2.45, 2.75) is 26.3 Å². The molecular weight excluding hydrogens is 282 g/mol. The normalized spacial score (nSPS) is 11.7. The van der Waals surface area contributed by atoms with Crippen LogP contribution in [0.4, 0.5) is 5.69 Å². The van der Waals surface area contributed by atoms with Gasteiger partial charge in [-0.05, 0) is 25.5 Å². The molecule has 0 saturated heterocycles. The molecule has 6 heteroatoms. The lowest BCUT2D eigenvalue weighted by atomic mass is 10.1. The predicted octanol–water partition coefficient (Wildman–Crippen LogP) is 3.27. The van der Waals surface area contributed by atoms with E-state index in [0.717, 1.165) is 0 Å². The van der Waals surface area contributed by atoms with E-state index in [2.05, 4.69) is 0 Å². The third-order valence-corrected chi connectivity index (χ3v) is 3.62. The number of benzene rings is 1. The van der Waals surface area contributed by atoms with Crippen LogP contribution in [0.2, 0.25) is 0 Å². The zero-order valence-electron chi connectivity index (χ0n) is 12.3. The first-order valence-electron chi connectivity index (χ1n) is 6.90. The minimum Gasteiger partial charge on any atom is -0.304 e. The first kappa shape index (κ1) is 15.4. The van der Waals surface area contributed by atoms with Crippen LogP contribution in [0.1, 0.15) is 31.9 Å². The van der Waals surface area contributed by atoms with Crippen molar-refractivity contribution in [1.82, 2.24) is 4.57 Å². The molecule has 0 radical (unpaired) electrons. The average Bonchev–Trinajstić information content (AvgIpc) is 2.53. The highest BCUT2D eigenvalue weighted by Crippen LogP contribution is 2.26. The van der Waals surface area contributed by atoms with Gasteiger partial charge in [0.25, 0.3) is 11.2 Å². The second-order valence-corrected chi connectivity index (χ2v) is 4.98. The summed E-state index contributed by atoms with van der Waals surface area (Å²) in [5.41, 5.74) is 0.804. The van der Waals surface area contributed by atoms with E-state index in [1.165, 1.54) is 22.8 Å². The minimum absolute atomic E-state index is 0.0370. The van der Waals surface area contributed by atoms with Crippen LogP contribution in [0.25, 0.3) is 11.3 Å². The number of non-ortho nitro benzene ring substituents is 1. The first-order valence-corrected chi connectivity index (χ1v) is 6.90. The molecule has 0 aliphatic heterocycles. The van der Waals surface area contributed by atoms with E-state index >= 15 is 0 Å². The van der Waals surface area contributed by atoms with Crippen LogP contribution in [-0.2, 0) is 0 Å². The topological polar surface area (TPSA) is 88.9 Å². The SMILES string of the molecule is CCC(C)n1c(-c2cccc([N+](=O)[O-])c2)ccc(C#N)c1=O. The molecule has 0 spiro atoms. The van der Waals surface area contributed by atoms with Gasteiger partial charge in [-0.25, -0.2) is 0 Å². The Labute approximate surface area is 127 Å². The Bertz CT molecular complexity index is 818. The Hall–Kier alpha value is -2.94. The van der Waals surface area contributed by atoms with Crippen molar-refractivity contribution in [2.75, 3.05) is 0 Å². The molecule has 0 N–H and O–H groups in total. The maximum Gasteiger partial charge on any atom is 0.270 e. The molecule has 0 bridgehead atoms. The van der Waals surface area contributed by atoms with Crippen molar-refractivity contribution in [3.8, 4) is 17.3 Å². The standard InChI is InChI=1S/C16H15N3O3/c1-3-11(2)18-15(8-7-13(10-17)16(18)20)12-5-4-6-14(9-12)19(21)22/h4-9,11H,3H2,1-2H3. The number of rotatable bonds is 4. The number of nitriles is 1. The van der Waals surface area contributed by atoms with E-state index in [-0.39, 0.29) is 22.9 Å². The van der Waals surface area contributed by atoms with Crippen LogP contribution in [0.3, 0.4) is 0 Å². The lowest BCUT2D eigenvalue weighted by Crippen LogP contribution is -2.26. The van der Waals surface area contributed by atoms with Gasteiger partial charge in [-0.2, -0.15) is 5.26 Å². The van der Waals surface area contributed by atoms with Crippen molar-refractivity contribution < 1.29 is 4.92 Å². The van der Waals surface area contributed by atoms with Gasteiger partial charge in [-0.3, -0.25) is 14.9 Å². The summed E-state index contributed by atoms with van der Waals surface area (Å²) in [6, 6.07) is 11.0. The summed E-state index contributed by atoms with van der Waals surface area (Å²) in [4.78, 5) is 22.9. The Morgan fingerprint density at radius 2 is 2.09 bits per heavy atom. The number of pyridine rings is 1. The number of hydrogen-bond acceptors (Lipinski definition) is 4. The second-order valence-electron chi connectivity index (χ2n) is 4.98. The summed E-state index contributed by atoms with van der Waals surface area (Å²) in [6.07, 6.45) is 0.705. The van der Waals surface area contributed by atoms with Gasteiger partial charge < -0.3 is 4.57 Å². The zero-order chi connectivity index (χ0) is 16.3.